The molecule has 21 heavy (non-hydrogen) atoms. The molecule has 1 aromatic carbocycles. The molecule has 2 aromatic rings. The first-order chi connectivity index (χ1) is 10.0. The smallest absolute Gasteiger partial charge is 0.255 e. The molecule has 5 heteroatoms. The van der Waals surface area contributed by atoms with E-state index in [2.05, 4.69) is 15.6 Å². The van der Waals surface area contributed by atoms with Crippen LogP contribution < -0.4 is 10.6 Å². The van der Waals surface area contributed by atoms with Crippen LogP contribution in [-0.4, -0.2) is 17.4 Å². The minimum absolute atomic E-state index is 0.198. The average Bonchev–Trinajstić information content (AvgIpc) is 2.42. The molecule has 0 unspecified atom stereocenters. The Morgan fingerprint density at radius 3 is 2.71 bits per heavy atom. The summed E-state index contributed by atoms with van der Waals surface area (Å²) in [6.07, 6.45) is 0. The normalized spacial score (nSPS) is 10.3. The second-order valence-corrected chi connectivity index (χ2v) is 5.21. The topological polar surface area (TPSA) is 54.0 Å². The average molecular weight is 304 g/mol. The van der Waals surface area contributed by atoms with Gasteiger partial charge in [0.25, 0.3) is 5.91 Å². The van der Waals surface area contributed by atoms with E-state index in [0.717, 1.165) is 17.8 Å². The maximum atomic E-state index is 12.4. The van der Waals surface area contributed by atoms with Gasteiger partial charge in [-0.05, 0) is 44.5 Å². The number of benzene rings is 1. The molecular formula is C16H18ClN3O. The molecule has 0 radical (unpaired) electrons. The van der Waals surface area contributed by atoms with E-state index in [1.807, 2.05) is 32.9 Å². The second-order valence-electron chi connectivity index (χ2n) is 4.80. The Hall–Kier alpha value is -2.07. The zero-order valence-corrected chi connectivity index (χ0v) is 13.1. The molecule has 1 heterocycles. The summed E-state index contributed by atoms with van der Waals surface area (Å²) in [5.74, 6) is 0.495. The first-order valence-electron chi connectivity index (χ1n) is 6.80. The molecule has 2 rings (SSSR count). The van der Waals surface area contributed by atoms with Gasteiger partial charge in [0.2, 0.25) is 0 Å². The lowest BCUT2D eigenvalue weighted by molar-refractivity contribution is 0.102. The van der Waals surface area contributed by atoms with Crippen LogP contribution in [-0.2, 0) is 0 Å². The Morgan fingerprint density at radius 2 is 2.05 bits per heavy atom. The van der Waals surface area contributed by atoms with E-state index in [0.29, 0.717) is 22.1 Å². The maximum absolute atomic E-state index is 12.4. The van der Waals surface area contributed by atoms with Gasteiger partial charge in [0, 0.05) is 17.8 Å². The number of aromatic nitrogens is 1. The first-order valence-corrected chi connectivity index (χ1v) is 7.18. The van der Waals surface area contributed by atoms with Crippen LogP contribution in [0.4, 0.5) is 11.5 Å². The zero-order valence-electron chi connectivity index (χ0n) is 12.3. The molecule has 0 fully saturated rings. The van der Waals surface area contributed by atoms with Crippen LogP contribution >= 0.6 is 11.6 Å². The highest BCUT2D eigenvalue weighted by molar-refractivity contribution is 6.34. The molecule has 0 atom stereocenters. The lowest BCUT2D eigenvalue weighted by Crippen LogP contribution is -2.14. The lowest BCUT2D eigenvalue weighted by atomic mass is 10.1. The van der Waals surface area contributed by atoms with Gasteiger partial charge in [-0.3, -0.25) is 4.79 Å². The van der Waals surface area contributed by atoms with Crippen LogP contribution in [0.2, 0.25) is 5.02 Å². The number of hydrogen-bond donors (Lipinski definition) is 2. The second kappa shape index (κ2) is 6.59. The SMILES string of the molecule is CCNc1cc(C(=O)Nc2c(C)cccc2Cl)cc(C)n1. The summed E-state index contributed by atoms with van der Waals surface area (Å²) in [7, 11) is 0. The van der Waals surface area contributed by atoms with Gasteiger partial charge in [-0.2, -0.15) is 0 Å². The first kappa shape index (κ1) is 15.3. The molecule has 0 aliphatic carbocycles. The summed E-state index contributed by atoms with van der Waals surface area (Å²) >= 11 is 6.13. The van der Waals surface area contributed by atoms with Gasteiger partial charge in [0.05, 0.1) is 10.7 Å². The third-order valence-electron chi connectivity index (χ3n) is 3.03. The van der Waals surface area contributed by atoms with E-state index in [1.165, 1.54) is 0 Å². The molecule has 0 saturated carbocycles. The molecule has 110 valence electrons. The summed E-state index contributed by atoms with van der Waals surface area (Å²) in [6.45, 7) is 6.50. The zero-order chi connectivity index (χ0) is 15.4. The van der Waals surface area contributed by atoms with E-state index in [-0.39, 0.29) is 5.91 Å². The molecule has 1 amide bonds. The minimum atomic E-state index is -0.198. The third kappa shape index (κ3) is 3.73. The summed E-state index contributed by atoms with van der Waals surface area (Å²) in [4.78, 5) is 16.7. The largest absolute Gasteiger partial charge is 0.370 e. The standard InChI is InChI=1S/C16H18ClN3O/c1-4-18-14-9-12(8-11(3)19-14)16(21)20-15-10(2)6-5-7-13(15)17/h5-9H,4H2,1-3H3,(H,18,19)(H,20,21). The number of nitrogens with zero attached hydrogens (tertiary/aromatic N) is 1. The molecule has 0 bridgehead atoms. The molecule has 1 aromatic heterocycles. The number of anilines is 2. The summed E-state index contributed by atoms with van der Waals surface area (Å²) in [5, 5.41) is 6.51. The maximum Gasteiger partial charge on any atom is 0.255 e. The van der Waals surface area contributed by atoms with Gasteiger partial charge < -0.3 is 10.6 Å². The van der Waals surface area contributed by atoms with Crippen molar-refractivity contribution in [2.45, 2.75) is 20.8 Å². The fraction of sp³-hybridized carbons (Fsp3) is 0.250. The molecular weight excluding hydrogens is 286 g/mol. The van der Waals surface area contributed by atoms with E-state index in [4.69, 9.17) is 11.6 Å². The van der Waals surface area contributed by atoms with Crippen LogP contribution in [0, 0.1) is 13.8 Å². The van der Waals surface area contributed by atoms with Crippen molar-refractivity contribution in [3.8, 4) is 0 Å². The van der Waals surface area contributed by atoms with Crippen molar-refractivity contribution in [2.24, 2.45) is 0 Å². The number of carbonyl (C=O) groups is 1. The fourth-order valence-electron chi connectivity index (χ4n) is 2.05. The number of aryl methyl sites for hydroxylation is 2. The van der Waals surface area contributed by atoms with Crippen LogP contribution in [0.5, 0.6) is 0 Å². The van der Waals surface area contributed by atoms with Crippen LogP contribution in [0.1, 0.15) is 28.5 Å². The van der Waals surface area contributed by atoms with Crippen molar-refractivity contribution >= 4 is 29.0 Å². The quantitative estimate of drug-likeness (QED) is 0.896. The van der Waals surface area contributed by atoms with Gasteiger partial charge in [-0.15, -0.1) is 0 Å². The monoisotopic (exact) mass is 303 g/mol. The Labute approximate surface area is 129 Å². The number of rotatable bonds is 4. The highest BCUT2D eigenvalue weighted by Crippen LogP contribution is 2.26. The number of carbonyl (C=O) groups excluding carboxylic acids is 1. The predicted molar refractivity (Wildman–Crippen MR) is 87.3 cm³/mol. The number of halogens is 1. The van der Waals surface area contributed by atoms with Crippen LogP contribution in [0.3, 0.4) is 0 Å². The lowest BCUT2D eigenvalue weighted by Gasteiger charge is -2.11. The Morgan fingerprint density at radius 1 is 1.29 bits per heavy atom. The Bertz CT molecular complexity index is 650. The molecule has 0 aliphatic heterocycles. The number of nitrogens with one attached hydrogen (secondary N) is 2. The molecule has 4 nitrogen and oxygen atoms in total. The van der Waals surface area contributed by atoms with Crippen molar-refractivity contribution in [1.82, 2.24) is 4.98 Å². The van der Waals surface area contributed by atoms with Crippen molar-refractivity contribution in [3.05, 3.63) is 52.2 Å². The number of pyridine rings is 1. The number of hydrogen-bond acceptors (Lipinski definition) is 3. The van der Waals surface area contributed by atoms with Crippen LogP contribution in [0.25, 0.3) is 0 Å². The molecule has 0 spiro atoms. The summed E-state index contributed by atoms with van der Waals surface area (Å²) in [5.41, 5.74) is 2.91. The van der Waals surface area contributed by atoms with Crippen molar-refractivity contribution < 1.29 is 4.79 Å². The van der Waals surface area contributed by atoms with Gasteiger partial charge >= 0.3 is 0 Å². The Balaban J connectivity index is 2.28. The van der Waals surface area contributed by atoms with Gasteiger partial charge in [-0.25, -0.2) is 4.98 Å². The molecule has 0 aliphatic rings. The third-order valence-corrected chi connectivity index (χ3v) is 3.35. The summed E-state index contributed by atoms with van der Waals surface area (Å²) in [6, 6.07) is 9.00. The van der Waals surface area contributed by atoms with E-state index >= 15 is 0 Å². The predicted octanol–water partition coefficient (Wildman–Crippen LogP) is 4.04. The minimum Gasteiger partial charge on any atom is -0.370 e. The number of amides is 1. The van der Waals surface area contributed by atoms with E-state index < -0.39 is 0 Å². The highest BCUT2D eigenvalue weighted by Gasteiger charge is 2.12. The van der Waals surface area contributed by atoms with Crippen molar-refractivity contribution in [3.63, 3.8) is 0 Å². The van der Waals surface area contributed by atoms with Gasteiger partial charge in [0.1, 0.15) is 5.82 Å². The molecule has 0 saturated heterocycles. The highest BCUT2D eigenvalue weighted by atomic mass is 35.5. The summed E-state index contributed by atoms with van der Waals surface area (Å²) < 4.78 is 0. The fourth-order valence-corrected chi connectivity index (χ4v) is 2.32. The van der Waals surface area contributed by atoms with E-state index in [1.54, 1.807) is 18.2 Å². The van der Waals surface area contributed by atoms with Gasteiger partial charge in [0.15, 0.2) is 0 Å². The number of para-hydroxylation sites is 1. The van der Waals surface area contributed by atoms with Crippen molar-refractivity contribution in [1.29, 1.82) is 0 Å². The van der Waals surface area contributed by atoms with Crippen molar-refractivity contribution in [2.75, 3.05) is 17.2 Å². The molecule has 2 N–H and O–H groups in total. The Kier molecular flexibility index (Phi) is 4.81. The van der Waals surface area contributed by atoms with Crippen LogP contribution in [0.15, 0.2) is 30.3 Å². The van der Waals surface area contributed by atoms with E-state index in [9.17, 15) is 4.79 Å². The van der Waals surface area contributed by atoms with Gasteiger partial charge in [-0.1, -0.05) is 23.7 Å².